The number of halogens is 1. The lowest BCUT2D eigenvalue weighted by molar-refractivity contribution is -0.139. The normalized spacial score (nSPS) is 32.8. The molecule has 0 N–H and O–H groups in total. The number of amides is 1. The average Bonchev–Trinajstić information content (AvgIpc) is 2.33. The third-order valence-electron chi connectivity index (χ3n) is 3.75. The van der Waals surface area contributed by atoms with Crippen LogP contribution in [0.5, 0.6) is 0 Å². The number of hydrogen-bond acceptors (Lipinski definition) is 2. The largest absolute Gasteiger partial charge is 0.381 e. The zero-order valence-electron chi connectivity index (χ0n) is 9.82. The Kier molecular flexibility index (Phi) is 4.25. The Morgan fingerprint density at radius 3 is 2.62 bits per heavy atom. The van der Waals surface area contributed by atoms with Crippen molar-refractivity contribution >= 4 is 21.8 Å². The lowest BCUT2D eigenvalue weighted by Crippen LogP contribution is -2.46. The topological polar surface area (TPSA) is 29.5 Å². The third kappa shape index (κ3) is 2.77. The van der Waals surface area contributed by atoms with Gasteiger partial charge in [-0.05, 0) is 25.2 Å². The zero-order chi connectivity index (χ0) is 11.5. The van der Waals surface area contributed by atoms with E-state index in [1.54, 1.807) is 0 Å². The average molecular weight is 290 g/mol. The van der Waals surface area contributed by atoms with E-state index in [0.717, 1.165) is 45.6 Å². The summed E-state index contributed by atoms with van der Waals surface area (Å²) in [7, 11) is 0. The Hall–Kier alpha value is -0.0900. The predicted molar refractivity (Wildman–Crippen MR) is 66.6 cm³/mol. The van der Waals surface area contributed by atoms with E-state index in [-0.39, 0.29) is 5.92 Å². The van der Waals surface area contributed by atoms with Crippen LogP contribution in [0.2, 0.25) is 0 Å². The van der Waals surface area contributed by atoms with Crippen LogP contribution in [-0.2, 0) is 9.53 Å². The maximum Gasteiger partial charge on any atom is 0.225 e. The molecule has 2 heterocycles. The van der Waals surface area contributed by atoms with E-state index < -0.39 is 0 Å². The van der Waals surface area contributed by atoms with E-state index in [0.29, 0.717) is 16.7 Å². The first-order valence-corrected chi connectivity index (χ1v) is 7.10. The van der Waals surface area contributed by atoms with Gasteiger partial charge < -0.3 is 9.64 Å². The van der Waals surface area contributed by atoms with Crippen LogP contribution in [0, 0.1) is 11.8 Å². The van der Waals surface area contributed by atoms with E-state index in [1.165, 1.54) is 0 Å². The van der Waals surface area contributed by atoms with Crippen LogP contribution < -0.4 is 0 Å². The maximum atomic E-state index is 12.3. The predicted octanol–water partition coefficient (Wildman–Crippen LogP) is 2.04. The van der Waals surface area contributed by atoms with E-state index >= 15 is 0 Å². The number of likely N-dealkylation sites (tertiary alicyclic amines) is 1. The summed E-state index contributed by atoms with van der Waals surface area (Å²) >= 11 is 3.67. The van der Waals surface area contributed by atoms with Crippen molar-refractivity contribution in [3.63, 3.8) is 0 Å². The van der Waals surface area contributed by atoms with Crippen LogP contribution in [0.3, 0.4) is 0 Å². The van der Waals surface area contributed by atoms with Gasteiger partial charge in [-0.15, -0.1) is 0 Å². The van der Waals surface area contributed by atoms with E-state index in [2.05, 4.69) is 22.9 Å². The minimum atomic E-state index is 0.210. The van der Waals surface area contributed by atoms with Crippen LogP contribution >= 0.6 is 15.9 Å². The molecular weight excluding hydrogens is 270 g/mol. The maximum absolute atomic E-state index is 12.3. The summed E-state index contributed by atoms with van der Waals surface area (Å²) in [5.74, 6) is 1.24. The van der Waals surface area contributed by atoms with Crippen molar-refractivity contribution in [1.82, 2.24) is 4.90 Å². The fourth-order valence-corrected chi connectivity index (χ4v) is 3.04. The van der Waals surface area contributed by atoms with Crippen LogP contribution in [0.25, 0.3) is 0 Å². The standard InChI is InChI=1S/C12H20BrNO2/c1-9-2-5-14(8-11(9)13)12(15)10-3-6-16-7-4-10/h9-11H,2-8H2,1H3. The molecular formula is C12H20BrNO2. The summed E-state index contributed by atoms with van der Waals surface area (Å²) in [5, 5.41) is 0. The Bertz CT molecular complexity index is 253. The van der Waals surface area contributed by atoms with Crippen LogP contribution in [0.4, 0.5) is 0 Å². The molecule has 2 aliphatic heterocycles. The SMILES string of the molecule is CC1CCN(C(=O)C2CCOCC2)CC1Br. The molecule has 0 aromatic heterocycles. The van der Waals surface area contributed by atoms with Gasteiger partial charge in [0, 0.05) is 37.0 Å². The van der Waals surface area contributed by atoms with Crippen molar-refractivity contribution in [2.24, 2.45) is 11.8 Å². The molecule has 2 fully saturated rings. The Balaban J connectivity index is 1.89. The second-order valence-electron chi connectivity index (χ2n) is 4.95. The molecule has 0 radical (unpaired) electrons. The first kappa shape index (κ1) is 12.4. The lowest BCUT2D eigenvalue weighted by atomic mass is 9.94. The highest BCUT2D eigenvalue weighted by Crippen LogP contribution is 2.26. The van der Waals surface area contributed by atoms with Gasteiger partial charge in [-0.2, -0.15) is 0 Å². The number of rotatable bonds is 1. The number of nitrogens with zero attached hydrogens (tertiary/aromatic N) is 1. The molecule has 0 aliphatic carbocycles. The lowest BCUT2D eigenvalue weighted by Gasteiger charge is -2.37. The second-order valence-corrected chi connectivity index (χ2v) is 6.13. The minimum absolute atomic E-state index is 0.210. The van der Waals surface area contributed by atoms with Crippen molar-refractivity contribution in [3.8, 4) is 0 Å². The third-order valence-corrected chi connectivity index (χ3v) is 4.94. The van der Waals surface area contributed by atoms with Crippen molar-refractivity contribution in [2.45, 2.75) is 31.0 Å². The second kappa shape index (κ2) is 5.50. The summed E-state index contributed by atoms with van der Waals surface area (Å²) in [5.41, 5.74) is 0. The fraction of sp³-hybridized carbons (Fsp3) is 0.917. The molecule has 2 atom stereocenters. The summed E-state index contributed by atoms with van der Waals surface area (Å²) < 4.78 is 5.30. The first-order valence-electron chi connectivity index (χ1n) is 6.19. The van der Waals surface area contributed by atoms with Crippen molar-refractivity contribution in [2.75, 3.05) is 26.3 Å². The highest BCUT2D eigenvalue weighted by molar-refractivity contribution is 9.09. The number of ether oxygens (including phenoxy) is 1. The number of alkyl halides is 1. The van der Waals surface area contributed by atoms with Gasteiger partial charge in [0.05, 0.1) is 0 Å². The molecule has 0 spiro atoms. The number of carbonyl (C=O) groups excluding carboxylic acids is 1. The Morgan fingerprint density at radius 2 is 2.00 bits per heavy atom. The van der Waals surface area contributed by atoms with Gasteiger partial charge in [-0.3, -0.25) is 4.79 Å². The van der Waals surface area contributed by atoms with E-state index in [1.807, 2.05) is 4.90 Å². The molecule has 2 rings (SSSR count). The van der Waals surface area contributed by atoms with Crippen molar-refractivity contribution < 1.29 is 9.53 Å². The summed E-state index contributed by atoms with van der Waals surface area (Å²) in [6.45, 7) is 5.54. The van der Waals surface area contributed by atoms with E-state index in [4.69, 9.17) is 4.74 Å². The van der Waals surface area contributed by atoms with Gasteiger partial charge >= 0.3 is 0 Å². The van der Waals surface area contributed by atoms with Crippen LogP contribution in [0.15, 0.2) is 0 Å². The van der Waals surface area contributed by atoms with Crippen LogP contribution in [0.1, 0.15) is 26.2 Å². The molecule has 2 unspecified atom stereocenters. The monoisotopic (exact) mass is 289 g/mol. The van der Waals surface area contributed by atoms with Gasteiger partial charge in [0.15, 0.2) is 0 Å². The van der Waals surface area contributed by atoms with Crippen LogP contribution in [-0.4, -0.2) is 41.9 Å². The van der Waals surface area contributed by atoms with Crippen molar-refractivity contribution in [1.29, 1.82) is 0 Å². The van der Waals surface area contributed by atoms with Gasteiger partial charge in [0.2, 0.25) is 5.91 Å². The molecule has 0 saturated carbocycles. The van der Waals surface area contributed by atoms with Gasteiger partial charge in [-0.25, -0.2) is 0 Å². The summed E-state index contributed by atoms with van der Waals surface area (Å²) in [6, 6.07) is 0. The highest BCUT2D eigenvalue weighted by Gasteiger charge is 2.31. The molecule has 2 saturated heterocycles. The molecule has 4 heteroatoms. The molecule has 1 amide bonds. The Labute approximate surface area is 106 Å². The van der Waals surface area contributed by atoms with Gasteiger partial charge in [0.25, 0.3) is 0 Å². The number of carbonyl (C=O) groups is 1. The number of hydrogen-bond donors (Lipinski definition) is 0. The first-order chi connectivity index (χ1) is 7.68. The highest BCUT2D eigenvalue weighted by atomic mass is 79.9. The summed E-state index contributed by atoms with van der Waals surface area (Å²) in [6.07, 6.45) is 2.92. The fourth-order valence-electron chi connectivity index (χ4n) is 2.42. The zero-order valence-corrected chi connectivity index (χ0v) is 11.4. The smallest absolute Gasteiger partial charge is 0.225 e. The Morgan fingerprint density at radius 1 is 1.31 bits per heavy atom. The molecule has 92 valence electrons. The number of piperidine rings is 1. The summed E-state index contributed by atoms with van der Waals surface area (Å²) in [4.78, 5) is 14.8. The molecule has 0 aromatic rings. The molecule has 0 bridgehead atoms. The molecule has 16 heavy (non-hydrogen) atoms. The molecule has 2 aliphatic rings. The minimum Gasteiger partial charge on any atom is -0.381 e. The van der Waals surface area contributed by atoms with Crippen molar-refractivity contribution in [3.05, 3.63) is 0 Å². The van der Waals surface area contributed by atoms with Gasteiger partial charge in [-0.1, -0.05) is 22.9 Å². The van der Waals surface area contributed by atoms with Gasteiger partial charge in [0.1, 0.15) is 0 Å². The quantitative estimate of drug-likeness (QED) is 0.692. The molecule has 0 aromatic carbocycles. The molecule has 3 nitrogen and oxygen atoms in total. The van der Waals surface area contributed by atoms with E-state index in [9.17, 15) is 4.79 Å².